The highest BCUT2D eigenvalue weighted by atomic mass is 16.5. The normalized spacial score (nSPS) is 17.5. The van der Waals surface area contributed by atoms with Crippen LogP contribution in [0.3, 0.4) is 0 Å². The molecule has 1 aliphatic carbocycles. The molecule has 0 fully saturated rings. The maximum atomic E-state index is 11.6. The average Bonchev–Trinajstić information content (AvgIpc) is 2.73. The lowest BCUT2D eigenvalue weighted by Crippen LogP contribution is -2.10. The highest BCUT2D eigenvalue weighted by Crippen LogP contribution is 2.37. The first kappa shape index (κ1) is 11.8. The number of ketones is 1. The van der Waals surface area contributed by atoms with Crippen molar-refractivity contribution in [3.05, 3.63) is 34.9 Å². The second kappa shape index (κ2) is 5.11. The second-order valence-electron chi connectivity index (χ2n) is 4.40. The molecular weight excluding hydrogens is 214 g/mol. The maximum Gasteiger partial charge on any atom is 0.159 e. The molecule has 1 aliphatic rings. The summed E-state index contributed by atoms with van der Waals surface area (Å²) in [6.07, 6.45) is 2.39. The van der Waals surface area contributed by atoms with Crippen LogP contribution in [0.5, 0.6) is 0 Å². The molecule has 0 bridgehead atoms. The number of carbonyl (C=O) groups excluding carboxylic acids is 1. The summed E-state index contributed by atoms with van der Waals surface area (Å²) < 4.78 is 4.84. The van der Waals surface area contributed by atoms with Gasteiger partial charge in [-0.15, -0.1) is 0 Å². The molecule has 1 aromatic rings. The molecule has 1 atom stereocenters. The van der Waals surface area contributed by atoms with Gasteiger partial charge in [-0.1, -0.05) is 12.1 Å². The van der Waals surface area contributed by atoms with Gasteiger partial charge in [-0.3, -0.25) is 4.79 Å². The van der Waals surface area contributed by atoms with Gasteiger partial charge in [-0.2, -0.15) is 5.26 Å². The van der Waals surface area contributed by atoms with E-state index in [0.29, 0.717) is 6.42 Å². The zero-order valence-electron chi connectivity index (χ0n) is 9.90. The highest BCUT2D eigenvalue weighted by Gasteiger charge is 2.26. The minimum Gasteiger partial charge on any atom is -0.377 e. The van der Waals surface area contributed by atoms with Gasteiger partial charge in [0.25, 0.3) is 0 Å². The van der Waals surface area contributed by atoms with Gasteiger partial charge in [0.15, 0.2) is 5.78 Å². The number of hydrogen-bond donors (Lipinski definition) is 0. The van der Waals surface area contributed by atoms with E-state index < -0.39 is 0 Å². The number of benzene rings is 1. The molecule has 0 N–H and O–H groups in total. The van der Waals surface area contributed by atoms with Crippen LogP contribution in [0.1, 0.15) is 35.4 Å². The van der Waals surface area contributed by atoms with E-state index in [1.807, 2.05) is 18.2 Å². The zero-order chi connectivity index (χ0) is 12.3. The minimum atomic E-state index is 0.132. The van der Waals surface area contributed by atoms with Gasteiger partial charge in [0.05, 0.1) is 11.6 Å². The number of Topliss-reactive ketones (excluding diaryl/α,β-unsaturated/α-hetero) is 1. The van der Waals surface area contributed by atoms with E-state index in [4.69, 9.17) is 10.00 Å². The molecule has 0 spiro atoms. The number of carbonyl (C=O) groups is 1. The molecule has 1 aromatic carbocycles. The fourth-order valence-corrected chi connectivity index (χ4v) is 2.55. The van der Waals surface area contributed by atoms with E-state index in [2.05, 4.69) is 6.07 Å². The third-order valence-corrected chi connectivity index (χ3v) is 3.29. The summed E-state index contributed by atoms with van der Waals surface area (Å²) in [4.78, 5) is 11.6. The lowest BCUT2D eigenvalue weighted by molar-refractivity contribution is -0.123. The molecule has 0 aromatic heterocycles. The standard InChI is InChI=1S/C14H15NO2/c1-17-9-12(16)7-10-5-6-14-11(8-15)3-2-4-13(10)14/h2-4,10H,5-7,9H2,1H3/t10-/m0/s1. The van der Waals surface area contributed by atoms with Gasteiger partial charge >= 0.3 is 0 Å². The molecule has 3 nitrogen and oxygen atoms in total. The van der Waals surface area contributed by atoms with Crippen LogP contribution in [0.25, 0.3) is 0 Å². The third-order valence-electron chi connectivity index (χ3n) is 3.29. The SMILES string of the molecule is COCC(=O)C[C@@H]1CCc2c(C#N)cccc21. The molecule has 88 valence electrons. The largest absolute Gasteiger partial charge is 0.377 e. The van der Waals surface area contributed by atoms with E-state index >= 15 is 0 Å². The Balaban J connectivity index is 2.18. The van der Waals surface area contributed by atoms with E-state index in [9.17, 15) is 4.79 Å². The Morgan fingerprint density at radius 3 is 3.12 bits per heavy atom. The fourth-order valence-electron chi connectivity index (χ4n) is 2.55. The number of nitrogens with zero attached hydrogens (tertiary/aromatic N) is 1. The van der Waals surface area contributed by atoms with E-state index in [1.54, 1.807) is 0 Å². The molecule has 17 heavy (non-hydrogen) atoms. The average molecular weight is 229 g/mol. The van der Waals surface area contributed by atoms with Crippen LogP contribution in [-0.4, -0.2) is 19.5 Å². The predicted molar refractivity (Wildman–Crippen MR) is 63.7 cm³/mol. The summed E-state index contributed by atoms with van der Waals surface area (Å²) in [7, 11) is 1.54. The third kappa shape index (κ3) is 2.37. The number of nitriles is 1. The number of hydrogen-bond acceptors (Lipinski definition) is 3. The summed E-state index contributed by atoms with van der Waals surface area (Å²) in [5.41, 5.74) is 3.06. The predicted octanol–water partition coefficient (Wildman–Crippen LogP) is 2.19. The van der Waals surface area contributed by atoms with E-state index in [0.717, 1.165) is 24.0 Å². The van der Waals surface area contributed by atoms with E-state index in [-0.39, 0.29) is 18.3 Å². The lowest BCUT2D eigenvalue weighted by Gasteiger charge is -2.10. The van der Waals surface area contributed by atoms with Crippen molar-refractivity contribution < 1.29 is 9.53 Å². The summed E-state index contributed by atoms with van der Waals surface area (Å²) >= 11 is 0. The van der Waals surface area contributed by atoms with Crippen molar-refractivity contribution in [3.8, 4) is 6.07 Å². The van der Waals surface area contributed by atoms with Gasteiger partial charge in [-0.25, -0.2) is 0 Å². The van der Waals surface area contributed by atoms with Crippen molar-refractivity contribution in [2.45, 2.75) is 25.2 Å². The van der Waals surface area contributed by atoms with Crippen LogP contribution in [-0.2, 0) is 16.0 Å². The van der Waals surface area contributed by atoms with Crippen LogP contribution in [0, 0.1) is 11.3 Å². The minimum absolute atomic E-state index is 0.132. The Hall–Kier alpha value is -1.66. The van der Waals surface area contributed by atoms with Gasteiger partial charge in [0.2, 0.25) is 0 Å². The highest BCUT2D eigenvalue weighted by molar-refractivity contribution is 5.80. The first-order chi connectivity index (χ1) is 8.26. The summed E-state index contributed by atoms with van der Waals surface area (Å²) in [6.45, 7) is 0.184. The molecule has 0 unspecified atom stereocenters. The van der Waals surface area contributed by atoms with Crippen molar-refractivity contribution in [1.82, 2.24) is 0 Å². The second-order valence-corrected chi connectivity index (χ2v) is 4.40. The number of rotatable bonds is 4. The Morgan fingerprint density at radius 1 is 1.59 bits per heavy atom. The van der Waals surface area contributed by atoms with E-state index in [1.165, 1.54) is 12.7 Å². The van der Waals surface area contributed by atoms with Crippen molar-refractivity contribution in [3.63, 3.8) is 0 Å². The Kier molecular flexibility index (Phi) is 3.55. The van der Waals surface area contributed by atoms with Crippen molar-refractivity contribution in [2.24, 2.45) is 0 Å². The van der Waals surface area contributed by atoms with Crippen molar-refractivity contribution >= 4 is 5.78 Å². The smallest absolute Gasteiger partial charge is 0.159 e. The molecule has 0 aliphatic heterocycles. The molecule has 0 saturated heterocycles. The molecule has 0 heterocycles. The van der Waals surface area contributed by atoms with Crippen molar-refractivity contribution in [1.29, 1.82) is 5.26 Å². The zero-order valence-corrected chi connectivity index (χ0v) is 9.90. The van der Waals surface area contributed by atoms with Crippen LogP contribution >= 0.6 is 0 Å². The Bertz CT molecular complexity index is 474. The van der Waals surface area contributed by atoms with Crippen LogP contribution < -0.4 is 0 Å². The van der Waals surface area contributed by atoms with Gasteiger partial charge < -0.3 is 4.74 Å². The number of ether oxygens (including phenoxy) is 1. The van der Waals surface area contributed by atoms with Crippen LogP contribution in [0.2, 0.25) is 0 Å². The molecule has 0 amide bonds. The van der Waals surface area contributed by atoms with Crippen LogP contribution in [0.15, 0.2) is 18.2 Å². The lowest BCUT2D eigenvalue weighted by atomic mass is 9.94. The van der Waals surface area contributed by atoms with Crippen LogP contribution in [0.4, 0.5) is 0 Å². The first-order valence-corrected chi connectivity index (χ1v) is 5.78. The van der Waals surface area contributed by atoms with Gasteiger partial charge in [0.1, 0.15) is 6.61 Å². The Labute approximate surface area is 101 Å². The molecule has 0 saturated carbocycles. The topological polar surface area (TPSA) is 50.1 Å². The van der Waals surface area contributed by atoms with Gasteiger partial charge in [-0.05, 0) is 36.0 Å². The molecule has 0 radical (unpaired) electrons. The molecular formula is C14H15NO2. The Morgan fingerprint density at radius 2 is 2.41 bits per heavy atom. The maximum absolute atomic E-state index is 11.6. The summed E-state index contributed by atoms with van der Waals surface area (Å²) in [5.74, 6) is 0.397. The summed E-state index contributed by atoms with van der Waals surface area (Å²) in [6, 6.07) is 8.00. The fraction of sp³-hybridized carbons (Fsp3) is 0.429. The quantitative estimate of drug-likeness (QED) is 0.795. The molecule has 2 rings (SSSR count). The van der Waals surface area contributed by atoms with Gasteiger partial charge in [0, 0.05) is 13.5 Å². The summed E-state index contributed by atoms with van der Waals surface area (Å²) in [5, 5.41) is 9.02. The first-order valence-electron chi connectivity index (χ1n) is 5.78. The van der Waals surface area contributed by atoms with Crippen molar-refractivity contribution in [2.75, 3.05) is 13.7 Å². The number of fused-ring (bicyclic) bond motifs is 1. The number of methoxy groups -OCH3 is 1. The monoisotopic (exact) mass is 229 g/mol. The molecule has 3 heteroatoms.